The topological polar surface area (TPSA) is 29.0 Å². The van der Waals surface area contributed by atoms with Crippen molar-refractivity contribution in [1.82, 2.24) is 15.2 Å². The van der Waals surface area contributed by atoms with Crippen LogP contribution >= 0.6 is 0 Å². The molecule has 19 heavy (non-hydrogen) atoms. The summed E-state index contributed by atoms with van der Waals surface area (Å²) in [5, 5.41) is 8.43. The summed E-state index contributed by atoms with van der Waals surface area (Å²) in [5.41, 5.74) is 4.34. The molecule has 1 aromatic heterocycles. The van der Waals surface area contributed by atoms with Crippen molar-refractivity contribution >= 4 is 10.9 Å². The van der Waals surface area contributed by atoms with Crippen LogP contribution in [-0.2, 0) is 13.5 Å². The van der Waals surface area contributed by atoms with E-state index in [0.29, 0.717) is 12.0 Å². The van der Waals surface area contributed by atoms with E-state index in [4.69, 9.17) is 0 Å². The highest BCUT2D eigenvalue weighted by Gasteiger charge is 2.32. The van der Waals surface area contributed by atoms with Gasteiger partial charge in [0.25, 0.3) is 0 Å². The Balaban J connectivity index is 1.69. The summed E-state index contributed by atoms with van der Waals surface area (Å²) in [6.07, 6.45) is 5.59. The molecule has 4 rings (SSSR count). The first-order chi connectivity index (χ1) is 9.33. The first-order valence-electron chi connectivity index (χ1n) is 7.02. The van der Waals surface area contributed by atoms with Crippen molar-refractivity contribution in [3.05, 3.63) is 47.8 Å². The summed E-state index contributed by atoms with van der Waals surface area (Å²) < 4.78 is 2.23. The van der Waals surface area contributed by atoms with Crippen LogP contribution in [0.1, 0.15) is 5.56 Å². The lowest BCUT2D eigenvalue weighted by molar-refractivity contribution is 0.621. The summed E-state index contributed by atoms with van der Waals surface area (Å²) in [6.45, 7) is 2.22. The minimum absolute atomic E-state index is 0.505. The second kappa shape index (κ2) is 4.14. The number of aromatic nitrogens is 1. The van der Waals surface area contributed by atoms with Crippen molar-refractivity contribution in [1.29, 1.82) is 0 Å². The van der Waals surface area contributed by atoms with Crippen LogP contribution in [0.25, 0.3) is 10.9 Å². The number of fused-ring (bicyclic) bond motifs is 2. The Morgan fingerprint density at radius 3 is 3.11 bits per heavy atom. The molecule has 1 saturated heterocycles. The van der Waals surface area contributed by atoms with Gasteiger partial charge < -0.3 is 15.2 Å². The van der Waals surface area contributed by atoms with Gasteiger partial charge in [0, 0.05) is 49.2 Å². The van der Waals surface area contributed by atoms with E-state index in [9.17, 15) is 0 Å². The molecule has 0 amide bonds. The maximum Gasteiger partial charge on any atom is 0.0480 e. The summed E-state index contributed by atoms with van der Waals surface area (Å²) in [4.78, 5) is 0. The molecule has 3 heterocycles. The third kappa shape index (κ3) is 1.69. The minimum atomic E-state index is 0.505. The zero-order valence-corrected chi connectivity index (χ0v) is 11.2. The first-order valence-corrected chi connectivity index (χ1v) is 7.02. The van der Waals surface area contributed by atoms with E-state index >= 15 is 0 Å². The fourth-order valence-electron chi connectivity index (χ4n) is 3.53. The molecule has 3 nitrogen and oxygen atoms in total. The second-order valence-corrected chi connectivity index (χ2v) is 5.70. The van der Waals surface area contributed by atoms with Crippen LogP contribution in [0.2, 0.25) is 0 Å². The zero-order chi connectivity index (χ0) is 12.8. The number of hydrogen-bond donors (Lipinski definition) is 2. The largest absolute Gasteiger partial charge is 0.390 e. The standard InChI is InChI=1S/C16H19N3/c1-19-10-11(13-4-2-3-5-16(13)19)6-15-14-9-17-7-12(14)8-18-15/h2-5,9-10,12,15,17-18H,6-8H2,1H3. The molecular weight excluding hydrogens is 234 g/mol. The number of nitrogens with one attached hydrogen (secondary N) is 2. The SMILES string of the molecule is Cn1cc(CC2NCC3CNC=C32)c2ccccc21. The predicted molar refractivity (Wildman–Crippen MR) is 78.0 cm³/mol. The van der Waals surface area contributed by atoms with E-state index in [1.54, 1.807) is 5.57 Å². The molecule has 1 aromatic carbocycles. The Hall–Kier alpha value is -1.74. The molecule has 2 aromatic rings. The lowest BCUT2D eigenvalue weighted by Crippen LogP contribution is -2.26. The van der Waals surface area contributed by atoms with E-state index in [1.807, 2.05) is 0 Å². The number of benzene rings is 1. The van der Waals surface area contributed by atoms with E-state index in [-0.39, 0.29) is 0 Å². The second-order valence-electron chi connectivity index (χ2n) is 5.70. The Morgan fingerprint density at radius 2 is 2.16 bits per heavy atom. The fraction of sp³-hybridized carbons (Fsp3) is 0.375. The third-order valence-corrected chi connectivity index (χ3v) is 4.52. The molecule has 0 spiro atoms. The number of hydrogen-bond acceptors (Lipinski definition) is 2. The normalized spacial score (nSPS) is 25.4. The van der Waals surface area contributed by atoms with Crippen molar-refractivity contribution < 1.29 is 0 Å². The molecule has 2 unspecified atom stereocenters. The van der Waals surface area contributed by atoms with E-state index < -0.39 is 0 Å². The van der Waals surface area contributed by atoms with Gasteiger partial charge >= 0.3 is 0 Å². The third-order valence-electron chi connectivity index (χ3n) is 4.52. The highest BCUT2D eigenvalue weighted by atomic mass is 15.0. The first kappa shape index (κ1) is 11.1. The Morgan fingerprint density at radius 1 is 1.26 bits per heavy atom. The Kier molecular flexibility index (Phi) is 2.42. The lowest BCUT2D eigenvalue weighted by Gasteiger charge is -2.11. The maximum atomic E-state index is 3.66. The summed E-state index contributed by atoms with van der Waals surface area (Å²) in [5.74, 6) is 0.708. The van der Waals surface area contributed by atoms with Gasteiger partial charge in [-0.2, -0.15) is 0 Å². The fourth-order valence-corrected chi connectivity index (χ4v) is 3.53. The van der Waals surface area contributed by atoms with Gasteiger partial charge in [0.05, 0.1) is 0 Å². The zero-order valence-electron chi connectivity index (χ0n) is 11.2. The molecular formula is C16H19N3. The van der Waals surface area contributed by atoms with Crippen molar-refractivity contribution in [2.75, 3.05) is 13.1 Å². The average Bonchev–Trinajstić information content (AvgIpc) is 3.09. The molecule has 1 fully saturated rings. The quantitative estimate of drug-likeness (QED) is 0.854. The number of para-hydroxylation sites is 1. The lowest BCUT2D eigenvalue weighted by atomic mass is 9.96. The van der Waals surface area contributed by atoms with Gasteiger partial charge in [-0.3, -0.25) is 0 Å². The monoisotopic (exact) mass is 253 g/mol. The van der Waals surface area contributed by atoms with Crippen molar-refractivity contribution in [2.45, 2.75) is 12.5 Å². The van der Waals surface area contributed by atoms with Gasteiger partial charge in [0.2, 0.25) is 0 Å². The Labute approximate surface area is 113 Å². The van der Waals surface area contributed by atoms with Crippen molar-refractivity contribution in [2.24, 2.45) is 13.0 Å². The molecule has 98 valence electrons. The van der Waals surface area contributed by atoms with Gasteiger partial charge in [-0.15, -0.1) is 0 Å². The van der Waals surface area contributed by atoms with Crippen LogP contribution in [0.15, 0.2) is 42.2 Å². The Bertz CT molecular complexity index is 653. The van der Waals surface area contributed by atoms with Gasteiger partial charge in [-0.1, -0.05) is 18.2 Å². The van der Waals surface area contributed by atoms with E-state index in [1.165, 1.54) is 16.5 Å². The van der Waals surface area contributed by atoms with Crippen LogP contribution < -0.4 is 10.6 Å². The van der Waals surface area contributed by atoms with Gasteiger partial charge in [0.15, 0.2) is 0 Å². The minimum Gasteiger partial charge on any atom is -0.390 e. The molecule has 0 aliphatic carbocycles. The van der Waals surface area contributed by atoms with Crippen LogP contribution in [0.3, 0.4) is 0 Å². The molecule has 2 N–H and O–H groups in total. The number of rotatable bonds is 2. The van der Waals surface area contributed by atoms with Crippen LogP contribution in [-0.4, -0.2) is 23.7 Å². The average molecular weight is 253 g/mol. The van der Waals surface area contributed by atoms with Crippen molar-refractivity contribution in [3.63, 3.8) is 0 Å². The molecule has 2 aliphatic rings. The summed E-state index contributed by atoms with van der Waals surface area (Å²) in [6, 6.07) is 9.18. The van der Waals surface area contributed by atoms with Crippen LogP contribution in [0, 0.1) is 5.92 Å². The highest BCUT2D eigenvalue weighted by molar-refractivity contribution is 5.84. The number of aryl methyl sites for hydroxylation is 1. The number of nitrogens with zero attached hydrogens (tertiary/aromatic N) is 1. The molecule has 0 radical (unpaired) electrons. The molecule has 2 aliphatic heterocycles. The van der Waals surface area contributed by atoms with E-state index in [0.717, 1.165) is 19.5 Å². The van der Waals surface area contributed by atoms with Gasteiger partial charge in [-0.25, -0.2) is 0 Å². The smallest absolute Gasteiger partial charge is 0.0480 e. The molecule has 2 atom stereocenters. The summed E-state index contributed by atoms with van der Waals surface area (Å²) in [7, 11) is 2.13. The van der Waals surface area contributed by atoms with Gasteiger partial charge in [0.1, 0.15) is 0 Å². The highest BCUT2D eigenvalue weighted by Crippen LogP contribution is 2.29. The van der Waals surface area contributed by atoms with Crippen LogP contribution in [0.5, 0.6) is 0 Å². The van der Waals surface area contributed by atoms with Crippen molar-refractivity contribution in [3.8, 4) is 0 Å². The van der Waals surface area contributed by atoms with Crippen LogP contribution in [0.4, 0.5) is 0 Å². The molecule has 0 saturated carbocycles. The molecule has 3 heteroatoms. The maximum absolute atomic E-state index is 3.66. The van der Waals surface area contributed by atoms with Gasteiger partial charge in [-0.05, 0) is 29.8 Å². The predicted octanol–water partition coefficient (Wildman–Crippen LogP) is 1.80. The van der Waals surface area contributed by atoms with E-state index in [2.05, 4.69) is 58.9 Å². The summed E-state index contributed by atoms with van der Waals surface area (Å²) >= 11 is 0. The molecule has 0 bridgehead atoms.